The van der Waals surface area contributed by atoms with E-state index in [1.165, 1.54) is 24.8 Å². The summed E-state index contributed by atoms with van der Waals surface area (Å²) in [6, 6.07) is 8.30. The Morgan fingerprint density at radius 2 is 2.00 bits per heavy atom. The summed E-state index contributed by atoms with van der Waals surface area (Å²) in [5, 5.41) is 5.32. The molecule has 0 unspecified atom stereocenters. The number of amides is 1. The van der Waals surface area contributed by atoms with E-state index in [-0.39, 0.29) is 11.9 Å². The molecule has 3 atom stereocenters. The van der Waals surface area contributed by atoms with Crippen LogP contribution in [0.2, 0.25) is 0 Å². The summed E-state index contributed by atoms with van der Waals surface area (Å²) in [5.41, 5.74) is 1.20. The summed E-state index contributed by atoms with van der Waals surface area (Å²) in [5.74, 6) is 1.62. The third kappa shape index (κ3) is 4.73. The van der Waals surface area contributed by atoms with Gasteiger partial charge in [0.1, 0.15) is 12.3 Å². The molecule has 3 N–H and O–H groups in total. The first kappa shape index (κ1) is 16.8. The molecule has 0 bridgehead atoms. The molecule has 0 spiro atoms. The van der Waals surface area contributed by atoms with E-state index in [1.54, 1.807) is 7.11 Å². The smallest absolute Gasteiger partial charge is 0.278 e. The van der Waals surface area contributed by atoms with Crippen molar-refractivity contribution in [3.05, 3.63) is 29.8 Å². The number of rotatable bonds is 6. The molecule has 0 heterocycles. The predicted molar refractivity (Wildman–Crippen MR) is 87.6 cm³/mol. The highest BCUT2D eigenvalue weighted by Crippen LogP contribution is 2.23. The fourth-order valence-corrected chi connectivity index (χ4v) is 3.03. The Kier molecular flexibility index (Phi) is 6.25. The number of hydrogen-bond donors (Lipinski definition) is 2. The Morgan fingerprint density at radius 3 is 2.64 bits per heavy atom. The molecule has 1 aliphatic rings. The minimum Gasteiger partial charge on any atom is -0.497 e. The minimum absolute atomic E-state index is 0.0590. The van der Waals surface area contributed by atoms with Crippen LogP contribution in [0.3, 0.4) is 0 Å². The lowest BCUT2D eigenvalue weighted by molar-refractivity contribution is -0.689. The van der Waals surface area contributed by atoms with Gasteiger partial charge in [-0.15, -0.1) is 0 Å². The molecule has 0 radical (unpaired) electrons. The van der Waals surface area contributed by atoms with Crippen molar-refractivity contribution in [1.82, 2.24) is 5.32 Å². The molecule has 4 nitrogen and oxygen atoms in total. The first-order valence-corrected chi connectivity index (χ1v) is 8.36. The van der Waals surface area contributed by atoms with Gasteiger partial charge in [0.25, 0.3) is 5.91 Å². The van der Waals surface area contributed by atoms with Gasteiger partial charge >= 0.3 is 0 Å². The molecule has 0 saturated heterocycles. The molecule has 1 amide bonds. The molecule has 1 aliphatic carbocycles. The van der Waals surface area contributed by atoms with Crippen molar-refractivity contribution in [2.24, 2.45) is 5.92 Å². The van der Waals surface area contributed by atoms with Crippen molar-refractivity contribution in [1.29, 1.82) is 0 Å². The van der Waals surface area contributed by atoms with E-state index in [1.807, 2.05) is 31.2 Å². The molecule has 1 aromatic carbocycles. The zero-order valence-electron chi connectivity index (χ0n) is 14.0. The Labute approximate surface area is 133 Å². The van der Waals surface area contributed by atoms with Crippen molar-refractivity contribution in [3.8, 4) is 5.75 Å². The standard InChI is InChI=1S/C18H28N2O2/c1-13-6-4-5-7-17(13)20-18(21)14(2)19-12-15-8-10-16(22-3)11-9-15/h8-11,13-14,17,19H,4-7,12H2,1-3H3,(H,20,21)/p+1/t13-,14-,17+/m1/s1. The predicted octanol–water partition coefficient (Wildman–Crippen LogP) is 1.84. The third-order valence-electron chi connectivity index (χ3n) is 4.72. The number of nitrogens with two attached hydrogens (primary N) is 1. The number of carbonyl (C=O) groups is 1. The maximum atomic E-state index is 12.3. The van der Waals surface area contributed by atoms with Gasteiger partial charge < -0.3 is 15.4 Å². The first-order valence-electron chi connectivity index (χ1n) is 8.36. The van der Waals surface area contributed by atoms with Crippen molar-refractivity contribution >= 4 is 5.91 Å². The van der Waals surface area contributed by atoms with Crippen LogP contribution < -0.4 is 15.4 Å². The number of ether oxygens (including phenoxy) is 1. The van der Waals surface area contributed by atoms with Gasteiger partial charge in [-0.05, 0) is 49.9 Å². The Hall–Kier alpha value is -1.55. The summed E-state index contributed by atoms with van der Waals surface area (Å²) in [7, 11) is 1.67. The Balaban J connectivity index is 1.77. The van der Waals surface area contributed by atoms with E-state index < -0.39 is 0 Å². The number of nitrogens with one attached hydrogen (secondary N) is 1. The maximum Gasteiger partial charge on any atom is 0.278 e. The highest BCUT2D eigenvalue weighted by Gasteiger charge is 2.25. The first-order chi connectivity index (χ1) is 10.6. The second-order valence-corrected chi connectivity index (χ2v) is 6.45. The van der Waals surface area contributed by atoms with E-state index >= 15 is 0 Å². The molecule has 1 saturated carbocycles. The molecule has 1 fully saturated rings. The van der Waals surface area contributed by atoms with Crippen molar-refractivity contribution < 1.29 is 14.8 Å². The third-order valence-corrected chi connectivity index (χ3v) is 4.72. The van der Waals surface area contributed by atoms with Crippen LogP contribution >= 0.6 is 0 Å². The monoisotopic (exact) mass is 305 g/mol. The summed E-state index contributed by atoms with van der Waals surface area (Å²) in [6.07, 6.45) is 4.89. The van der Waals surface area contributed by atoms with Gasteiger partial charge in [0.05, 0.1) is 7.11 Å². The topological polar surface area (TPSA) is 54.9 Å². The number of quaternary nitrogens is 1. The molecule has 0 aliphatic heterocycles. The van der Waals surface area contributed by atoms with Crippen LogP contribution in [0.25, 0.3) is 0 Å². The summed E-state index contributed by atoms with van der Waals surface area (Å²) < 4.78 is 5.15. The molecule has 122 valence electrons. The second kappa shape index (κ2) is 8.18. The van der Waals surface area contributed by atoms with Crippen LogP contribution in [0.5, 0.6) is 5.75 Å². The van der Waals surface area contributed by atoms with Gasteiger partial charge in [-0.2, -0.15) is 0 Å². The molecule has 2 rings (SSSR count). The summed E-state index contributed by atoms with van der Waals surface area (Å²) in [6.45, 7) is 5.03. The van der Waals surface area contributed by atoms with Crippen LogP contribution in [-0.4, -0.2) is 25.1 Å². The quantitative estimate of drug-likeness (QED) is 0.842. The van der Waals surface area contributed by atoms with E-state index in [4.69, 9.17) is 4.74 Å². The zero-order chi connectivity index (χ0) is 15.9. The number of hydrogen-bond acceptors (Lipinski definition) is 2. The second-order valence-electron chi connectivity index (χ2n) is 6.45. The fourth-order valence-electron chi connectivity index (χ4n) is 3.03. The number of benzene rings is 1. The molecule has 4 heteroatoms. The van der Waals surface area contributed by atoms with E-state index in [9.17, 15) is 4.79 Å². The SMILES string of the molecule is COc1ccc(C[NH2+][C@H](C)C(=O)N[C@H]2CCCC[C@H]2C)cc1. The largest absolute Gasteiger partial charge is 0.497 e. The van der Waals surface area contributed by atoms with Crippen molar-refractivity contribution in [3.63, 3.8) is 0 Å². The molecule has 22 heavy (non-hydrogen) atoms. The van der Waals surface area contributed by atoms with E-state index in [2.05, 4.69) is 17.6 Å². The van der Waals surface area contributed by atoms with Gasteiger partial charge in [-0.3, -0.25) is 4.79 Å². The highest BCUT2D eigenvalue weighted by atomic mass is 16.5. The van der Waals surface area contributed by atoms with E-state index in [0.717, 1.165) is 18.7 Å². The summed E-state index contributed by atoms with van der Waals surface area (Å²) in [4.78, 5) is 12.3. The van der Waals surface area contributed by atoms with Crippen molar-refractivity contribution in [2.45, 2.75) is 58.2 Å². The minimum atomic E-state index is -0.0590. The summed E-state index contributed by atoms with van der Waals surface area (Å²) >= 11 is 0. The van der Waals surface area contributed by atoms with Gasteiger partial charge in [-0.25, -0.2) is 0 Å². The average molecular weight is 305 g/mol. The van der Waals surface area contributed by atoms with Crippen LogP contribution in [0.4, 0.5) is 0 Å². The molecule has 1 aromatic rings. The lowest BCUT2D eigenvalue weighted by Crippen LogP contribution is -2.90. The lowest BCUT2D eigenvalue weighted by atomic mass is 9.86. The van der Waals surface area contributed by atoms with Gasteiger partial charge in [0.15, 0.2) is 6.04 Å². The lowest BCUT2D eigenvalue weighted by Gasteiger charge is -2.30. The Morgan fingerprint density at radius 1 is 1.32 bits per heavy atom. The number of carbonyl (C=O) groups excluding carboxylic acids is 1. The molecular weight excluding hydrogens is 276 g/mol. The van der Waals surface area contributed by atoms with Crippen LogP contribution in [0.15, 0.2) is 24.3 Å². The maximum absolute atomic E-state index is 12.3. The van der Waals surface area contributed by atoms with Crippen LogP contribution in [0.1, 0.15) is 45.1 Å². The zero-order valence-corrected chi connectivity index (χ0v) is 14.0. The van der Waals surface area contributed by atoms with Crippen LogP contribution in [0, 0.1) is 5.92 Å². The van der Waals surface area contributed by atoms with Crippen LogP contribution in [-0.2, 0) is 11.3 Å². The highest BCUT2D eigenvalue weighted by molar-refractivity contribution is 5.80. The molecular formula is C18H29N2O2+. The molecule has 0 aromatic heterocycles. The number of methoxy groups -OCH3 is 1. The van der Waals surface area contributed by atoms with E-state index in [0.29, 0.717) is 12.0 Å². The van der Waals surface area contributed by atoms with Gasteiger partial charge in [-0.1, -0.05) is 19.8 Å². The Bertz CT molecular complexity index is 472. The van der Waals surface area contributed by atoms with Gasteiger partial charge in [0.2, 0.25) is 0 Å². The normalized spacial score (nSPS) is 22.9. The fraction of sp³-hybridized carbons (Fsp3) is 0.611. The van der Waals surface area contributed by atoms with Gasteiger partial charge in [0, 0.05) is 11.6 Å². The average Bonchev–Trinajstić information content (AvgIpc) is 2.55. The van der Waals surface area contributed by atoms with Crippen molar-refractivity contribution in [2.75, 3.05) is 7.11 Å².